The van der Waals surface area contributed by atoms with Crippen molar-refractivity contribution in [3.63, 3.8) is 0 Å². The highest BCUT2D eigenvalue weighted by atomic mass is 16.5. The predicted octanol–water partition coefficient (Wildman–Crippen LogP) is 2.20. The summed E-state index contributed by atoms with van der Waals surface area (Å²) in [5, 5.41) is 24.4. The van der Waals surface area contributed by atoms with Crippen LogP contribution in [0.25, 0.3) is 11.3 Å². The molecule has 2 heterocycles. The Bertz CT molecular complexity index is 912. The summed E-state index contributed by atoms with van der Waals surface area (Å²) in [6.07, 6.45) is 2.88. The lowest BCUT2D eigenvalue weighted by Gasteiger charge is -2.35. The Morgan fingerprint density at radius 3 is 2.85 bits per heavy atom. The molecule has 8 heteroatoms. The molecule has 0 radical (unpaired) electrons. The van der Waals surface area contributed by atoms with Gasteiger partial charge in [0.15, 0.2) is 0 Å². The SMILES string of the molecule is C[C@@H](O)c1cn(C[C@H]2C[C@H](NC(=O)c3cc(-c4ccccc4)no3)C2)nn1. The van der Waals surface area contributed by atoms with Gasteiger partial charge in [0.2, 0.25) is 5.76 Å². The Labute approximate surface area is 156 Å². The number of hydrogen-bond acceptors (Lipinski definition) is 6. The van der Waals surface area contributed by atoms with E-state index in [0.717, 1.165) is 24.9 Å². The summed E-state index contributed by atoms with van der Waals surface area (Å²) in [5.74, 6) is 0.397. The van der Waals surface area contributed by atoms with Gasteiger partial charge in [0.25, 0.3) is 5.91 Å². The second-order valence-electron chi connectivity index (χ2n) is 6.99. The minimum Gasteiger partial charge on any atom is -0.387 e. The van der Waals surface area contributed by atoms with Gasteiger partial charge in [-0.3, -0.25) is 9.48 Å². The van der Waals surface area contributed by atoms with Crippen molar-refractivity contribution < 1.29 is 14.4 Å². The zero-order valence-electron chi connectivity index (χ0n) is 14.9. The average Bonchev–Trinajstić information content (AvgIpc) is 3.30. The smallest absolute Gasteiger partial charge is 0.290 e. The summed E-state index contributed by atoms with van der Waals surface area (Å²) in [6, 6.07) is 11.4. The van der Waals surface area contributed by atoms with E-state index >= 15 is 0 Å². The third-order valence-electron chi connectivity index (χ3n) is 4.80. The fraction of sp³-hybridized carbons (Fsp3) is 0.368. The highest BCUT2D eigenvalue weighted by molar-refractivity contribution is 5.92. The van der Waals surface area contributed by atoms with E-state index in [1.54, 1.807) is 23.9 Å². The molecular weight excluding hydrogens is 346 g/mol. The fourth-order valence-corrected chi connectivity index (χ4v) is 3.24. The molecule has 140 valence electrons. The number of benzene rings is 1. The van der Waals surface area contributed by atoms with Gasteiger partial charge in [-0.2, -0.15) is 0 Å². The first-order chi connectivity index (χ1) is 13.1. The van der Waals surface area contributed by atoms with Gasteiger partial charge in [0.05, 0.1) is 12.3 Å². The van der Waals surface area contributed by atoms with Gasteiger partial charge in [-0.25, -0.2) is 0 Å². The van der Waals surface area contributed by atoms with E-state index in [-0.39, 0.29) is 17.7 Å². The molecule has 27 heavy (non-hydrogen) atoms. The molecule has 1 aromatic carbocycles. The molecule has 0 saturated heterocycles. The van der Waals surface area contributed by atoms with Crippen LogP contribution in [0.1, 0.15) is 42.1 Å². The second-order valence-corrected chi connectivity index (χ2v) is 6.99. The van der Waals surface area contributed by atoms with Crippen molar-refractivity contribution in [1.82, 2.24) is 25.5 Å². The molecule has 1 saturated carbocycles. The van der Waals surface area contributed by atoms with Crippen LogP contribution >= 0.6 is 0 Å². The molecule has 8 nitrogen and oxygen atoms in total. The maximum atomic E-state index is 12.3. The van der Waals surface area contributed by atoms with E-state index in [1.807, 2.05) is 30.3 Å². The van der Waals surface area contributed by atoms with Gasteiger partial charge in [0.1, 0.15) is 11.4 Å². The van der Waals surface area contributed by atoms with Crippen LogP contribution in [0.2, 0.25) is 0 Å². The Morgan fingerprint density at radius 1 is 1.37 bits per heavy atom. The maximum Gasteiger partial charge on any atom is 0.290 e. The summed E-state index contributed by atoms with van der Waals surface area (Å²) in [6.45, 7) is 2.39. The summed E-state index contributed by atoms with van der Waals surface area (Å²) in [5.41, 5.74) is 2.12. The van der Waals surface area contributed by atoms with E-state index in [0.29, 0.717) is 17.3 Å². The molecule has 2 N–H and O–H groups in total. The maximum absolute atomic E-state index is 12.3. The molecule has 1 amide bonds. The van der Waals surface area contributed by atoms with Gasteiger partial charge in [-0.05, 0) is 25.7 Å². The van der Waals surface area contributed by atoms with Crippen LogP contribution in [0.5, 0.6) is 0 Å². The molecule has 3 aromatic rings. The fourth-order valence-electron chi connectivity index (χ4n) is 3.24. The number of carbonyl (C=O) groups excluding carboxylic acids is 1. The first-order valence-electron chi connectivity index (χ1n) is 8.99. The molecule has 1 atom stereocenters. The number of aromatic nitrogens is 4. The number of aliphatic hydroxyl groups is 1. The summed E-state index contributed by atoms with van der Waals surface area (Å²) in [4.78, 5) is 12.3. The Kier molecular flexibility index (Phi) is 4.72. The monoisotopic (exact) mass is 367 g/mol. The minimum absolute atomic E-state index is 0.118. The van der Waals surface area contributed by atoms with Crippen LogP contribution in [-0.4, -0.2) is 37.2 Å². The molecular formula is C19H21N5O3. The van der Waals surface area contributed by atoms with Crippen LogP contribution in [0.15, 0.2) is 47.1 Å². The second kappa shape index (κ2) is 7.32. The zero-order valence-corrected chi connectivity index (χ0v) is 14.9. The first kappa shape index (κ1) is 17.4. The number of amides is 1. The number of hydrogen-bond donors (Lipinski definition) is 2. The third-order valence-corrected chi connectivity index (χ3v) is 4.80. The lowest BCUT2D eigenvalue weighted by atomic mass is 9.80. The molecule has 0 unspecified atom stereocenters. The summed E-state index contributed by atoms with van der Waals surface area (Å²) in [7, 11) is 0. The van der Waals surface area contributed by atoms with Crippen molar-refractivity contribution >= 4 is 5.91 Å². The van der Waals surface area contributed by atoms with Crippen molar-refractivity contribution in [3.8, 4) is 11.3 Å². The largest absolute Gasteiger partial charge is 0.387 e. The molecule has 0 spiro atoms. The number of carbonyl (C=O) groups is 1. The van der Waals surface area contributed by atoms with Crippen LogP contribution in [0.3, 0.4) is 0 Å². The van der Waals surface area contributed by atoms with Crippen LogP contribution < -0.4 is 5.32 Å². The number of nitrogens with one attached hydrogen (secondary N) is 1. The zero-order chi connectivity index (χ0) is 18.8. The quantitative estimate of drug-likeness (QED) is 0.692. The van der Waals surface area contributed by atoms with Gasteiger partial charge in [0, 0.05) is 24.2 Å². The Morgan fingerprint density at radius 2 is 2.15 bits per heavy atom. The number of nitrogens with zero attached hydrogens (tertiary/aromatic N) is 4. The first-order valence-corrected chi connectivity index (χ1v) is 8.99. The van der Waals surface area contributed by atoms with Crippen LogP contribution in [0.4, 0.5) is 0 Å². The molecule has 0 bridgehead atoms. The third kappa shape index (κ3) is 3.90. The van der Waals surface area contributed by atoms with Crippen molar-refractivity contribution in [1.29, 1.82) is 0 Å². The minimum atomic E-state index is -0.616. The topological polar surface area (TPSA) is 106 Å². The highest BCUT2D eigenvalue weighted by Crippen LogP contribution is 2.29. The van der Waals surface area contributed by atoms with E-state index in [9.17, 15) is 9.90 Å². The van der Waals surface area contributed by atoms with E-state index in [4.69, 9.17) is 4.52 Å². The normalized spacial score (nSPS) is 20.1. The van der Waals surface area contributed by atoms with Gasteiger partial charge in [-0.15, -0.1) is 5.10 Å². The lowest BCUT2D eigenvalue weighted by molar-refractivity contribution is 0.0842. The van der Waals surface area contributed by atoms with E-state index in [2.05, 4.69) is 20.8 Å². The molecule has 2 aromatic heterocycles. The Hall–Kier alpha value is -3.00. The highest BCUT2D eigenvalue weighted by Gasteiger charge is 2.32. The molecule has 1 aliphatic carbocycles. The Balaban J connectivity index is 1.27. The van der Waals surface area contributed by atoms with Crippen molar-refractivity contribution in [2.45, 2.75) is 38.5 Å². The number of rotatable bonds is 6. The van der Waals surface area contributed by atoms with Crippen LogP contribution in [-0.2, 0) is 6.54 Å². The lowest BCUT2D eigenvalue weighted by Crippen LogP contribution is -2.45. The summed E-state index contributed by atoms with van der Waals surface area (Å²) < 4.78 is 6.93. The van der Waals surface area contributed by atoms with Gasteiger partial charge < -0.3 is 14.9 Å². The van der Waals surface area contributed by atoms with Crippen molar-refractivity contribution in [3.05, 3.63) is 54.0 Å². The van der Waals surface area contributed by atoms with E-state index < -0.39 is 6.10 Å². The van der Waals surface area contributed by atoms with Crippen molar-refractivity contribution in [2.24, 2.45) is 5.92 Å². The molecule has 1 aliphatic rings. The molecule has 1 fully saturated rings. The van der Waals surface area contributed by atoms with Gasteiger partial charge in [-0.1, -0.05) is 40.7 Å². The predicted molar refractivity (Wildman–Crippen MR) is 96.6 cm³/mol. The van der Waals surface area contributed by atoms with Gasteiger partial charge >= 0.3 is 0 Å². The summed E-state index contributed by atoms with van der Waals surface area (Å²) >= 11 is 0. The number of aliphatic hydroxyl groups excluding tert-OH is 1. The molecule has 0 aliphatic heterocycles. The molecule has 4 rings (SSSR count). The van der Waals surface area contributed by atoms with Crippen LogP contribution in [0, 0.1) is 5.92 Å². The average molecular weight is 367 g/mol. The standard InChI is InChI=1S/C19H21N5O3/c1-12(25)17-11-24(23-21-17)10-13-7-15(8-13)20-19(26)18-9-16(22-27-18)14-5-3-2-4-6-14/h2-6,9,11-13,15,25H,7-8,10H2,1H3,(H,20,26)/t12-,13-,15-/m1/s1. The van der Waals surface area contributed by atoms with E-state index in [1.165, 1.54) is 0 Å². The van der Waals surface area contributed by atoms with Crippen molar-refractivity contribution in [2.75, 3.05) is 0 Å².